The van der Waals surface area contributed by atoms with E-state index in [1.807, 2.05) is 0 Å². The number of benzene rings is 1. The molecule has 0 saturated heterocycles. The van der Waals surface area contributed by atoms with E-state index in [9.17, 15) is 4.39 Å². The quantitative estimate of drug-likeness (QED) is 0.802. The average Bonchev–Trinajstić information content (AvgIpc) is 2.05. The molecular weight excluding hydrogens is 247 g/mol. The highest BCUT2D eigenvalue weighted by Gasteiger charge is 2.18. The van der Waals surface area contributed by atoms with E-state index in [1.54, 1.807) is 6.07 Å². The van der Waals surface area contributed by atoms with Crippen molar-refractivity contribution < 1.29 is 9.13 Å². The summed E-state index contributed by atoms with van der Waals surface area (Å²) in [6.07, 6.45) is 3.84. The third-order valence-electron chi connectivity index (χ3n) is 2.59. The van der Waals surface area contributed by atoms with Gasteiger partial charge in [-0.05, 0) is 52.9 Å². The Kier molecular flexibility index (Phi) is 3.06. The molecule has 0 N–H and O–H groups in total. The number of rotatable bonds is 3. The molecule has 14 heavy (non-hydrogen) atoms. The molecule has 1 fully saturated rings. The van der Waals surface area contributed by atoms with Crippen LogP contribution in [-0.4, -0.2) is 6.61 Å². The van der Waals surface area contributed by atoms with Crippen molar-refractivity contribution in [3.63, 3.8) is 0 Å². The van der Waals surface area contributed by atoms with Gasteiger partial charge in [0.1, 0.15) is 11.6 Å². The predicted octanol–water partition coefficient (Wildman–Crippen LogP) is 3.77. The van der Waals surface area contributed by atoms with E-state index in [0.717, 1.165) is 12.4 Å². The van der Waals surface area contributed by atoms with Gasteiger partial charge >= 0.3 is 0 Å². The zero-order chi connectivity index (χ0) is 9.97. The van der Waals surface area contributed by atoms with Crippen LogP contribution in [0.2, 0.25) is 0 Å². The van der Waals surface area contributed by atoms with Crippen molar-refractivity contribution in [1.82, 2.24) is 0 Å². The third-order valence-corrected chi connectivity index (χ3v) is 3.21. The minimum Gasteiger partial charge on any atom is -0.492 e. The molecule has 1 aromatic carbocycles. The monoisotopic (exact) mass is 258 g/mol. The van der Waals surface area contributed by atoms with Crippen molar-refractivity contribution in [3.8, 4) is 5.75 Å². The van der Waals surface area contributed by atoms with Crippen LogP contribution in [0.25, 0.3) is 0 Å². The molecule has 0 aromatic heterocycles. The molecule has 76 valence electrons. The third kappa shape index (κ3) is 2.27. The van der Waals surface area contributed by atoms with Gasteiger partial charge in [-0.25, -0.2) is 4.39 Å². The van der Waals surface area contributed by atoms with Crippen molar-refractivity contribution in [2.24, 2.45) is 5.92 Å². The maximum atomic E-state index is 12.7. The standard InChI is InChI=1S/C11H12BrFO/c12-10-6-9(13)4-5-11(10)14-7-8-2-1-3-8/h4-6,8H,1-3,7H2. The van der Waals surface area contributed by atoms with Gasteiger partial charge in [-0.2, -0.15) is 0 Å². The maximum Gasteiger partial charge on any atom is 0.133 e. The van der Waals surface area contributed by atoms with Crippen molar-refractivity contribution in [2.75, 3.05) is 6.61 Å². The first-order valence-electron chi connectivity index (χ1n) is 4.83. The number of hydrogen-bond donors (Lipinski definition) is 0. The van der Waals surface area contributed by atoms with Gasteiger partial charge in [-0.15, -0.1) is 0 Å². The molecule has 0 aliphatic heterocycles. The van der Waals surface area contributed by atoms with Crippen molar-refractivity contribution in [1.29, 1.82) is 0 Å². The second-order valence-electron chi connectivity index (χ2n) is 3.68. The van der Waals surface area contributed by atoms with Crippen molar-refractivity contribution in [3.05, 3.63) is 28.5 Å². The number of hydrogen-bond acceptors (Lipinski definition) is 1. The van der Waals surface area contributed by atoms with E-state index in [2.05, 4.69) is 15.9 Å². The summed E-state index contributed by atoms with van der Waals surface area (Å²) in [6, 6.07) is 4.51. The fourth-order valence-electron chi connectivity index (χ4n) is 1.46. The molecule has 3 heteroatoms. The Labute approximate surface area is 91.4 Å². The predicted molar refractivity (Wildman–Crippen MR) is 56.9 cm³/mol. The molecule has 0 heterocycles. The Morgan fingerprint density at radius 2 is 2.21 bits per heavy atom. The lowest BCUT2D eigenvalue weighted by Gasteiger charge is -2.25. The van der Waals surface area contributed by atoms with Crippen molar-refractivity contribution >= 4 is 15.9 Å². The fourth-order valence-corrected chi connectivity index (χ4v) is 1.92. The van der Waals surface area contributed by atoms with Crippen LogP contribution < -0.4 is 4.74 Å². The highest BCUT2D eigenvalue weighted by molar-refractivity contribution is 9.10. The van der Waals surface area contributed by atoms with E-state index in [1.165, 1.54) is 31.4 Å². The van der Waals surface area contributed by atoms with E-state index < -0.39 is 0 Å². The first-order valence-corrected chi connectivity index (χ1v) is 5.63. The molecule has 2 rings (SSSR count). The Hall–Kier alpha value is -0.570. The average molecular weight is 259 g/mol. The minimum atomic E-state index is -0.243. The lowest BCUT2D eigenvalue weighted by atomic mass is 9.86. The molecule has 1 nitrogen and oxygen atoms in total. The summed E-state index contributed by atoms with van der Waals surface area (Å²) in [5.74, 6) is 1.19. The fraction of sp³-hybridized carbons (Fsp3) is 0.455. The van der Waals surface area contributed by atoms with Crippen molar-refractivity contribution in [2.45, 2.75) is 19.3 Å². The zero-order valence-corrected chi connectivity index (χ0v) is 9.39. The molecule has 0 bridgehead atoms. The van der Waals surface area contributed by atoms with Gasteiger partial charge < -0.3 is 4.74 Å². The summed E-state index contributed by atoms with van der Waals surface area (Å²) in [5.41, 5.74) is 0. The summed E-state index contributed by atoms with van der Waals surface area (Å²) in [5, 5.41) is 0. The SMILES string of the molecule is Fc1ccc(OCC2CCC2)c(Br)c1. The molecule has 0 radical (unpaired) electrons. The minimum absolute atomic E-state index is 0.243. The summed E-state index contributed by atoms with van der Waals surface area (Å²) in [7, 11) is 0. The molecule has 0 unspecified atom stereocenters. The van der Waals surface area contributed by atoms with Crippen LogP contribution in [0.15, 0.2) is 22.7 Å². The zero-order valence-electron chi connectivity index (χ0n) is 7.80. The van der Waals surface area contributed by atoms with E-state index in [4.69, 9.17) is 4.74 Å². The normalized spacial score (nSPS) is 16.4. The summed E-state index contributed by atoms with van der Waals surface area (Å²) in [6.45, 7) is 0.754. The Bertz CT molecular complexity index is 323. The first kappa shape index (κ1) is 9.97. The van der Waals surface area contributed by atoms with Gasteiger partial charge in [0.05, 0.1) is 11.1 Å². The molecule has 0 atom stereocenters. The van der Waals surface area contributed by atoms with Crippen LogP contribution in [0.3, 0.4) is 0 Å². The van der Waals surface area contributed by atoms with E-state index in [0.29, 0.717) is 10.4 Å². The number of ether oxygens (including phenoxy) is 1. The first-order chi connectivity index (χ1) is 6.75. The molecular formula is C11H12BrFO. The lowest BCUT2D eigenvalue weighted by molar-refractivity contribution is 0.179. The van der Waals surface area contributed by atoms with Gasteiger partial charge in [0.15, 0.2) is 0 Å². The molecule has 1 aliphatic rings. The lowest BCUT2D eigenvalue weighted by Crippen LogP contribution is -2.19. The van der Waals surface area contributed by atoms with E-state index >= 15 is 0 Å². The van der Waals surface area contributed by atoms with Crippen LogP contribution in [0, 0.1) is 11.7 Å². The summed E-state index contributed by atoms with van der Waals surface area (Å²) in [4.78, 5) is 0. The largest absolute Gasteiger partial charge is 0.492 e. The highest BCUT2D eigenvalue weighted by Crippen LogP contribution is 2.30. The molecule has 1 saturated carbocycles. The van der Waals surface area contributed by atoms with Crippen LogP contribution in [-0.2, 0) is 0 Å². The van der Waals surface area contributed by atoms with Crippen LogP contribution >= 0.6 is 15.9 Å². The highest BCUT2D eigenvalue weighted by atomic mass is 79.9. The summed E-state index contributed by atoms with van der Waals surface area (Å²) >= 11 is 3.27. The Balaban J connectivity index is 1.94. The van der Waals surface area contributed by atoms with Crippen LogP contribution in [0.4, 0.5) is 4.39 Å². The smallest absolute Gasteiger partial charge is 0.133 e. The van der Waals surface area contributed by atoms with Gasteiger partial charge in [0.25, 0.3) is 0 Å². The molecule has 1 aliphatic carbocycles. The van der Waals surface area contributed by atoms with Gasteiger partial charge in [0, 0.05) is 0 Å². The summed E-state index contributed by atoms with van der Waals surface area (Å²) < 4.78 is 19.0. The van der Waals surface area contributed by atoms with Crippen LogP contribution in [0.1, 0.15) is 19.3 Å². The number of halogens is 2. The second kappa shape index (κ2) is 4.30. The van der Waals surface area contributed by atoms with E-state index in [-0.39, 0.29) is 5.82 Å². The van der Waals surface area contributed by atoms with Gasteiger partial charge in [-0.1, -0.05) is 6.42 Å². The van der Waals surface area contributed by atoms with Gasteiger partial charge in [-0.3, -0.25) is 0 Å². The van der Waals surface area contributed by atoms with Crippen LogP contribution in [0.5, 0.6) is 5.75 Å². The topological polar surface area (TPSA) is 9.23 Å². The Morgan fingerprint density at radius 3 is 2.79 bits per heavy atom. The molecule has 1 aromatic rings. The Morgan fingerprint density at radius 1 is 1.43 bits per heavy atom. The van der Waals surface area contributed by atoms with Gasteiger partial charge in [0.2, 0.25) is 0 Å². The molecule has 0 spiro atoms. The molecule has 0 amide bonds. The second-order valence-corrected chi connectivity index (χ2v) is 4.54. The maximum absolute atomic E-state index is 12.7.